The number of hydrogen-bond acceptors (Lipinski definition) is 3. The maximum atomic E-state index is 11.3. The quantitative estimate of drug-likeness (QED) is 0.481. The lowest BCUT2D eigenvalue weighted by Crippen LogP contribution is -2.37. The highest BCUT2D eigenvalue weighted by atomic mass is 32.1. The Balaban J connectivity index is 3.43. The molecule has 0 fully saturated rings. The van der Waals surface area contributed by atoms with Crippen molar-refractivity contribution in [3.05, 3.63) is 0 Å². The van der Waals surface area contributed by atoms with E-state index >= 15 is 0 Å². The van der Waals surface area contributed by atoms with E-state index in [0.717, 1.165) is 19.4 Å². The number of nitrogens with one attached hydrogen (secondary N) is 1. The molecule has 0 radical (unpaired) electrons. The fourth-order valence-electron chi connectivity index (χ4n) is 0.877. The Labute approximate surface area is 96.5 Å². The second-order valence-electron chi connectivity index (χ2n) is 3.38. The van der Waals surface area contributed by atoms with Crippen molar-refractivity contribution in [1.82, 2.24) is 5.32 Å². The van der Waals surface area contributed by atoms with Gasteiger partial charge in [-0.15, -0.1) is 0 Å². The first-order valence-corrected chi connectivity index (χ1v) is 5.65. The fraction of sp³-hybridized carbons (Fsp3) is 0.800. The Morgan fingerprint density at radius 1 is 1.53 bits per heavy atom. The SMILES string of the molecule is CCCCOCCNC(=O)C(C)C(N)=S. The van der Waals surface area contributed by atoms with Gasteiger partial charge in [-0.25, -0.2) is 0 Å². The summed E-state index contributed by atoms with van der Waals surface area (Å²) in [7, 11) is 0. The molecule has 0 aliphatic carbocycles. The van der Waals surface area contributed by atoms with E-state index in [2.05, 4.69) is 12.2 Å². The minimum absolute atomic E-state index is 0.137. The number of ether oxygens (including phenoxy) is 1. The molecule has 0 aromatic carbocycles. The molecule has 15 heavy (non-hydrogen) atoms. The molecule has 0 aromatic heterocycles. The van der Waals surface area contributed by atoms with Crippen molar-refractivity contribution in [2.75, 3.05) is 19.8 Å². The lowest BCUT2D eigenvalue weighted by Gasteiger charge is -2.10. The van der Waals surface area contributed by atoms with Crippen molar-refractivity contribution in [1.29, 1.82) is 0 Å². The van der Waals surface area contributed by atoms with Gasteiger partial charge >= 0.3 is 0 Å². The standard InChI is InChI=1S/C10H20N2O2S/c1-3-4-6-14-7-5-12-10(13)8(2)9(11)15/h8H,3-7H2,1-2H3,(H2,11,15)(H,12,13). The largest absolute Gasteiger partial charge is 0.393 e. The van der Waals surface area contributed by atoms with Crippen LogP contribution in [0.1, 0.15) is 26.7 Å². The summed E-state index contributed by atoms with van der Waals surface area (Å²) in [6.07, 6.45) is 2.17. The van der Waals surface area contributed by atoms with Crippen molar-refractivity contribution in [3.8, 4) is 0 Å². The molecule has 0 rings (SSSR count). The Hall–Kier alpha value is -0.680. The van der Waals surface area contributed by atoms with Gasteiger partial charge in [0.2, 0.25) is 5.91 Å². The average molecular weight is 232 g/mol. The number of carbonyl (C=O) groups excluding carboxylic acids is 1. The van der Waals surface area contributed by atoms with Gasteiger partial charge in [-0.3, -0.25) is 4.79 Å². The Morgan fingerprint density at radius 3 is 2.73 bits per heavy atom. The van der Waals surface area contributed by atoms with E-state index in [1.54, 1.807) is 6.92 Å². The minimum Gasteiger partial charge on any atom is -0.393 e. The van der Waals surface area contributed by atoms with Crippen LogP contribution in [0.15, 0.2) is 0 Å². The lowest BCUT2D eigenvalue weighted by molar-refractivity contribution is -0.122. The first-order valence-electron chi connectivity index (χ1n) is 5.24. The van der Waals surface area contributed by atoms with Crippen LogP contribution in [-0.2, 0) is 9.53 Å². The van der Waals surface area contributed by atoms with E-state index in [9.17, 15) is 4.79 Å². The molecule has 0 bridgehead atoms. The molecule has 1 unspecified atom stereocenters. The molecule has 5 heteroatoms. The zero-order valence-electron chi connectivity index (χ0n) is 9.41. The highest BCUT2D eigenvalue weighted by Gasteiger charge is 2.14. The van der Waals surface area contributed by atoms with E-state index < -0.39 is 5.92 Å². The van der Waals surface area contributed by atoms with Crippen molar-refractivity contribution < 1.29 is 9.53 Å². The smallest absolute Gasteiger partial charge is 0.229 e. The van der Waals surface area contributed by atoms with Gasteiger partial charge < -0.3 is 15.8 Å². The Bertz CT molecular complexity index is 210. The maximum Gasteiger partial charge on any atom is 0.229 e. The predicted octanol–water partition coefficient (Wildman–Crippen LogP) is 0.842. The van der Waals surface area contributed by atoms with Crippen LogP contribution in [0.2, 0.25) is 0 Å². The molecular weight excluding hydrogens is 212 g/mol. The minimum atomic E-state index is -0.407. The summed E-state index contributed by atoms with van der Waals surface area (Å²) in [5.41, 5.74) is 5.35. The third-order valence-corrected chi connectivity index (χ3v) is 2.36. The second-order valence-corrected chi connectivity index (χ2v) is 3.85. The van der Waals surface area contributed by atoms with Gasteiger partial charge in [0.15, 0.2) is 0 Å². The summed E-state index contributed by atoms with van der Waals surface area (Å²) >= 11 is 4.72. The normalized spacial score (nSPS) is 12.1. The van der Waals surface area contributed by atoms with Gasteiger partial charge in [0.25, 0.3) is 0 Å². The first-order chi connectivity index (χ1) is 7.09. The molecular formula is C10H20N2O2S. The fourth-order valence-corrected chi connectivity index (χ4v) is 0.984. The first kappa shape index (κ1) is 14.3. The zero-order valence-corrected chi connectivity index (χ0v) is 10.2. The van der Waals surface area contributed by atoms with E-state index in [4.69, 9.17) is 22.7 Å². The summed E-state index contributed by atoms with van der Waals surface area (Å²) in [6, 6.07) is 0. The predicted molar refractivity (Wildman–Crippen MR) is 64.7 cm³/mol. The number of hydrogen-bond donors (Lipinski definition) is 2. The van der Waals surface area contributed by atoms with Crippen LogP contribution in [0.25, 0.3) is 0 Å². The molecule has 0 aliphatic rings. The van der Waals surface area contributed by atoms with E-state index in [1.165, 1.54) is 0 Å². The number of unbranched alkanes of at least 4 members (excludes halogenated alkanes) is 1. The number of amides is 1. The Kier molecular flexibility index (Phi) is 8.22. The van der Waals surface area contributed by atoms with Crippen LogP contribution in [0.5, 0.6) is 0 Å². The molecule has 4 nitrogen and oxygen atoms in total. The number of rotatable bonds is 8. The van der Waals surface area contributed by atoms with Crippen LogP contribution in [0, 0.1) is 5.92 Å². The van der Waals surface area contributed by atoms with Gasteiger partial charge in [-0.1, -0.05) is 25.6 Å². The van der Waals surface area contributed by atoms with Crippen LogP contribution in [-0.4, -0.2) is 30.7 Å². The van der Waals surface area contributed by atoms with E-state index in [0.29, 0.717) is 13.2 Å². The average Bonchev–Trinajstić information content (AvgIpc) is 2.21. The van der Waals surface area contributed by atoms with Gasteiger partial charge in [0.1, 0.15) is 0 Å². The van der Waals surface area contributed by atoms with Crippen molar-refractivity contribution in [2.45, 2.75) is 26.7 Å². The number of thiocarbonyl (C=S) groups is 1. The molecule has 0 aromatic rings. The van der Waals surface area contributed by atoms with Crippen LogP contribution >= 0.6 is 12.2 Å². The highest BCUT2D eigenvalue weighted by Crippen LogP contribution is 1.94. The zero-order chi connectivity index (χ0) is 11.7. The molecule has 0 aliphatic heterocycles. The Morgan fingerprint density at radius 2 is 2.20 bits per heavy atom. The van der Waals surface area contributed by atoms with Crippen LogP contribution in [0.3, 0.4) is 0 Å². The molecule has 0 heterocycles. The van der Waals surface area contributed by atoms with Crippen molar-refractivity contribution in [2.24, 2.45) is 11.7 Å². The molecule has 0 spiro atoms. The van der Waals surface area contributed by atoms with Crippen molar-refractivity contribution >= 4 is 23.1 Å². The third-order valence-electron chi connectivity index (χ3n) is 2.01. The monoisotopic (exact) mass is 232 g/mol. The summed E-state index contributed by atoms with van der Waals surface area (Å²) in [4.78, 5) is 11.6. The number of carbonyl (C=O) groups is 1. The van der Waals surface area contributed by atoms with Gasteiger partial charge in [0.05, 0.1) is 17.5 Å². The van der Waals surface area contributed by atoms with Gasteiger partial charge in [0, 0.05) is 13.2 Å². The van der Waals surface area contributed by atoms with E-state index in [1.807, 2.05) is 0 Å². The van der Waals surface area contributed by atoms with Crippen LogP contribution < -0.4 is 11.1 Å². The number of nitrogens with two attached hydrogens (primary N) is 1. The molecule has 0 saturated heterocycles. The second kappa shape index (κ2) is 8.61. The molecule has 1 atom stereocenters. The lowest BCUT2D eigenvalue weighted by atomic mass is 10.2. The third kappa shape index (κ3) is 7.27. The molecule has 1 amide bonds. The summed E-state index contributed by atoms with van der Waals surface area (Å²) < 4.78 is 5.29. The van der Waals surface area contributed by atoms with E-state index in [-0.39, 0.29) is 10.9 Å². The van der Waals surface area contributed by atoms with Gasteiger partial charge in [-0.2, -0.15) is 0 Å². The summed E-state index contributed by atoms with van der Waals surface area (Å²) in [6.45, 7) is 5.59. The molecule has 88 valence electrons. The van der Waals surface area contributed by atoms with Crippen molar-refractivity contribution in [3.63, 3.8) is 0 Å². The highest BCUT2D eigenvalue weighted by molar-refractivity contribution is 7.80. The molecule has 3 N–H and O–H groups in total. The maximum absolute atomic E-state index is 11.3. The summed E-state index contributed by atoms with van der Waals surface area (Å²) in [5.74, 6) is -0.544. The topological polar surface area (TPSA) is 64.3 Å². The summed E-state index contributed by atoms with van der Waals surface area (Å²) in [5, 5.41) is 2.71. The van der Waals surface area contributed by atoms with Gasteiger partial charge in [-0.05, 0) is 13.3 Å². The van der Waals surface area contributed by atoms with Crippen LogP contribution in [0.4, 0.5) is 0 Å². The molecule has 0 saturated carbocycles.